The van der Waals surface area contributed by atoms with Gasteiger partial charge in [-0.15, -0.1) is 11.3 Å². The number of thiazole rings is 1. The zero-order valence-electron chi connectivity index (χ0n) is 21.1. The van der Waals surface area contributed by atoms with E-state index in [0.29, 0.717) is 23.8 Å². The molecule has 1 saturated carbocycles. The number of aliphatic hydroxyl groups excluding tert-OH is 3. The lowest BCUT2D eigenvalue weighted by atomic mass is 10.1. The van der Waals surface area contributed by atoms with Crippen molar-refractivity contribution in [2.75, 3.05) is 17.2 Å². The third-order valence-electron chi connectivity index (χ3n) is 6.15. The second-order valence-corrected chi connectivity index (χ2v) is 9.83. The number of anilines is 3. The zero-order chi connectivity index (χ0) is 29.6. The molecule has 1 aliphatic carbocycles. The molecule has 41 heavy (non-hydrogen) atoms. The number of benzene rings is 1. The fraction of sp³-hybridized carbons (Fsp3) is 0.269. The van der Waals surface area contributed by atoms with Gasteiger partial charge in [0.25, 0.3) is 0 Å². The molecule has 6 N–H and O–H groups in total. The van der Waals surface area contributed by atoms with Crippen molar-refractivity contribution in [2.24, 2.45) is 5.92 Å². The third kappa shape index (κ3) is 7.52. The summed E-state index contributed by atoms with van der Waals surface area (Å²) in [5, 5.41) is 48.3. The number of hydrogen-bond acceptors (Lipinski definition) is 11. The Morgan fingerprint density at radius 1 is 1.12 bits per heavy atom. The van der Waals surface area contributed by atoms with Gasteiger partial charge in [-0.05, 0) is 12.5 Å². The van der Waals surface area contributed by atoms with Gasteiger partial charge in [0.05, 0.1) is 23.4 Å². The normalized spacial score (nSPS) is 20.1. The maximum absolute atomic E-state index is 10.5. The first-order valence-corrected chi connectivity index (χ1v) is 13.1. The minimum absolute atomic E-state index is 0.197. The lowest BCUT2D eigenvalue weighted by Gasteiger charge is -2.20. The molecule has 1 aromatic carbocycles. The number of halogens is 3. The summed E-state index contributed by atoms with van der Waals surface area (Å²) in [4.78, 5) is 25.7. The Labute approximate surface area is 235 Å². The Balaban J connectivity index is 0.000000493. The first-order valence-electron chi connectivity index (χ1n) is 12.2. The van der Waals surface area contributed by atoms with Gasteiger partial charge in [-0.1, -0.05) is 30.3 Å². The van der Waals surface area contributed by atoms with E-state index >= 15 is 0 Å². The Morgan fingerprint density at radius 3 is 2.46 bits per heavy atom. The van der Waals surface area contributed by atoms with Crippen LogP contribution in [0.25, 0.3) is 21.8 Å². The number of alkyl halides is 3. The number of aliphatic hydroxyl groups is 3. The fourth-order valence-corrected chi connectivity index (χ4v) is 4.91. The van der Waals surface area contributed by atoms with Gasteiger partial charge in [0.1, 0.15) is 28.6 Å². The molecule has 0 radical (unpaired) electrons. The molecule has 0 bridgehead atoms. The number of hydrogen-bond donors (Lipinski definition) is 5. The van der Waals surface area contributed by atoms with Crippen LogP contribution in [0.5, 0.6) is 0 Å². The van der Waals surface area contributed by atoms with Gasteiger partial charge in [-0.3, -0.25) is 0 Å². The number of aliphatic carboxylic acids is 1. The van der Waals surface area contributed by atoms with Gasteiger partial charge in [0.2, 0.25) is 5.95 Å². The predicted molar refractivity (Wildman–Crippen MR) is 141 cm³/mol. The SMILES string of the molecule is O=C([O-])C(F)(F)F.OC[C@H]1C[C@@H](Nc2nc(Nc3ccc[nH+]c3)ncc2-c2nc(-c3ccccc3)cs2)[C@H](O)[C@@H]1O. The van der Waals surface area contributed by atoms with E-state index in [2.05, 4.69) is 25.6 Å². The third-order valence-corrected chi connectivity index (χ3v) is 7.02. The van der Waals surface area contributed by atoms with Crippen molar-refractivity contribution >= 4 is 34.8 Å². The summed E-state index contributed by atoms with van der Waals surface area (Å²) in [5.74, 6) is -2.55. The molecule has 4 aromatic rings. The number of nitrogens with zero attached hydrogens (tertiary/aromatic N) is 3. The number of H-pyrrole nitrogens is 1. The molecular formula is C26H25F3N6O5S. The van der Waals surface area contributed by atoms with Crippen molar-refractivity contribution in [1.29, 1.82) is 0 Å². The first-order chi connectivity index (χ1) is 19.6. The van der Waals surface area contributed by atoms with Gasteiger partial charge >= 0.3 is 6.18 Å². The van der Waals surface area contributed by atoms with E-state index in [1.165, 1.54) is 11.3 Å². The number of carbonyl (C=O) groups excluding carboxylic acids is 1. The van der Waals surface area contributed by atoms with Gasteiger partial charge in [0.15, 0.2) is 12.4 Å². The van der Waals surface area contributed by atoms with Crippen LogP contribution in [0.15, 0.2) is 66.4 Å². The molecule has 15 heteroatoms. The van der Waals surface area contributed by atoms with Crippen molar-refractivity contribution in [3.8, 4) is 21.8 Å². The molecule has 5 rings (SSSR count). The molecule has 3 aromatic heterocycles. The quantitative estimate of drug-likeness (QED) is 0.213. The molecule has 0 aliphatic heterocycles. The number of nitrogens with one attached hydrogen (secondary N) is 3. The van der Waals surface area contributed by atoms with Crippen LogP contribution in [0.1, 0.15) is 6.42 Å². The highest BCUT2D eigenvalue weighted by Gasteiger charge is 2.41. The molecule has 0 spiro atoms. The first kappa shape index (κ1) is 29.8. The number of aromatic nitrogens is 4. The molecule has 1 fully saturated rings. The highest BCUT2D eigenvalue weighted by atomic mass is 32.1. The Hall–Kier alpha value is -4.18. The highest BCUT2D eigenvalue weighted by Crippen LogP contribution is 2.35. The second-order valence-electron chi connectivity index (χ2n) is 8.97. The molecule has 1 aliphatic rings. The molecule has 0 amide bonds. The average Bonchev–Trinajstić information content (AvgIpc) is 3.55. The smallest absolute Gasteiger partial charge is 0.430 e. The van der Waals surface area contributed by atoms with Crippen LogP contribution in [0.4, 0.5) is 30.6 Å². The summed E-state index contributed by atoms with van der Waals surface area (Å²) in [7, 11) is 0. The second kappa shape index (κ2) is 13.0. The van der Waals surface area contributed by atoms with Gasteiger partial charge in [0, 0.05) is 35.7 Å². The van der Waals surface area contributed by atoms with Crippen molar-refractivity contribution in [1.82, 2.24) is 15.0 Å². The van der Waals surface area contributed by atoms with Crippen molar-refractivity contribution in [3.05, 3.63) is 66.4 Å². The molecule has 11 nitrogen and oxygen atoms in total. The fourth-order valence-electron chi connectivity index (χ4n) is 4.07. The number of aromatic amines is 1. The lowest BCUT2D eigenvalue weighted by Crippen LogP contribution is -2.37. The van der Waals surface area contributed by atoms with E-state index in [1.807, 2.05) is 47.8 Å². The van der Waals surface area contributed by atoms with Crippen LogP contribution in [0.3, 0.4) is 0 Å². The summed E-state index contributed by atoms with van der Waals surface area (Å²) in [6.45, 7) is -0.197. The van der Waals surface area contributed by atoms with E-state index in [4.69, 9.17) is 14.9 Å². The molecular weight excluding hydrogens is 565 g/mol. The topological polar surface area (TPSA) is 178 Å². The summed E-state index contributed by atoms with van der Waals surface area (Å²) in [6.07, 6.45) is -1.53. The van der Waals surface area contributed by atoms with Crippen LogP contribution < -0.4 is 20.7 Å². The summed E-state index contributed by atoms with van der Waals surface area (Å²) in [6, 6.07) is 13.2. The van der Waals surface area contributed by atoms with Gasteiger partial charge in [-0.25, -0.2) is 15.0 Å². The number of rotatable bonds is 7. The van der Waals surface area contributed by atoms with E-state index in [9.17, 15) is 28.5 Å². The maximum atomic E-state index is 10.5. The minimum Gasteiger partial charge on any atom is -0.542 e. The van der Waals surface area contributed by atoms with E-state index < -0.39 is 36.3 Å². The number of pyridine rings is 1. The Kier molecular flexibility index (Phi) is 9.44. The molecule has 0 unspecified atom stereocenters. The summed E-state index contributed by atoms with van der Waals surface area (Å²) in [5.41, 5.74) is 3.34. The summed E-state index contributed by atoms with van der Waals surface area (Å²) >= 11 is 1.48. The van der Waals surface area contributed by atoms with Crippen LogP contribution in [0.2, 0.25) is 0 Å². The average molecular weight is 591 g/mol. The van der Waals surface area contributed by atoms with Gasteiger partial charge in [-0.2, -0.15) is 18.2 Å². The monoisotopic (exact) mass is 590 g/mol. The Bertz CT molecular complexity index is 1440. The zero-order valence-corrected chi connectivity index (χ0v) is 21.9. The molecule has 216 valence electrons. The number of carbonyl (C=O) groups is 1. The van der Waals surface area contributed by atoms with Crippen LogP contribution >= 0.6 is 11.3 Å². The lowest BCUT2D eigenvalue weighted by molar-refractivity contribution is -0.377. The molecule has 4 atom stereocenters. The van der Waals surface area contributed by atoms with E-state index in [-0.39, 0.29) is 6.61 Å². The van der Waals surface area contributed by atoms with Crippen molar-refractivity contribution in [2.45, 2.75) is 30.8 Å². The van der Waals surface area contributed by atoms with Gasteiger partial charge < -0.3 is 35.9 Å². The van der Waals surface area contributed by atoms with E-state index in [0.717, 1.165) is 22.0 Å². The van der Waals surface area contributed by atoms with Crippen molar-refractivity contribution < 1.29 is 43.4 Å². The van der Waals surface area contributed by atoms with Crippen LogP contribution in [-0.2, 0) is 4.79 Å². The number of carboxylic acid groups (broad SMARTS) is 1. The standard InChI is InChI=1S/C24H24N6O3S.C2HF3O2/c31-12-15-9-18(21(33)20(15)32)28-22-17(11-26-24(30-22)27-16-7-4-8-25-10-16)23-29-19(13-34-23)14-5-2-1-3-6-14;3-2(4,5)1(6)7/h1-8,10-11,13,15,18,20-21,31-33H,9,12H2,(H2,26,27,28,30);(H,6,7)/t15-,18-,20-,21+;/m1./s1. The van der Waals surface area contributed by atoms with Crippen molar-refractivity contribution in [3.63, 3.8) is 0 Å². The maximum Gasteiger partial charge on any atom is 0.430 e. The summed E-state index contributed by atoms with van der Waals surface area (Å²) < 4.78 is 31.5. The largest absolute Gasteiger partial charge is 0.542 e. The highest BCUT2D eigenvalue weighted by molar-refractivity contribution is 7.13. The minimum atomic E-state index is -5.19. The van der Waals surface area contributed by atoms with Crippen LogP contribution in [0, 0.1) is 5.92 Å². The predicted octanol–water partition coefficient (Wildman–Crippen LogP) is 1.64. The Morgan fingerprint density at radius 2 is 1.85 bits per heavy atom. The molecule has 0 saturated heterocycles. The van der Waals surface area contributed by atoms with E-state index in [1.54, 1.807) is 18.6 Å². The van der Waals surface area contributed by atoms with Crippen LogP contribution in [-0.4, -0.2) is 67.3 Å². The molecule has 3 heterocycles. The number of carboxylic acids is 1.